The van der Waals surface area contributed by atoms with Gasteiger partial charge in [-0.15, -0.1) is 23.7 Å². The molecule has 3 rings (SSSR count). The van der Waals surface area contributed by atoms with E-state index in [-0.39, 0.29) is 18.3 Å². The van der Waals surface area contributed by atoms with Gasteiger partial charge in [-0.3, -0.25) is 9.48 Å². The Morgan fingerprint density at radius 1 is 1.43 bits per heavy atom. The number of thiazole rings is 1. The van der Waals surface area contributed by atoms with E-state index in [4.69, 9.17) is 0 Å². The van der Waals surface area contributed by atoms with Crippen LogP contribution in [0.15, 0.2) is 18.6 Å². The summed E-state index contributed by atoms with van der Waals surface area (Å²) in [7, 11) is 1.88. The molecule has 0 bridgehead atoms. The zero-order valence-corrected chi connectivity index (χ0v) is 14.8. The summed E-state index contributed by atoms with van der Waals surface area (Å²) >= 11 is 1.61. The Kier molecular flexibility index (Phi) is 6.56. The van der Waals surface area contributed by atoms with Gasteiger partial charge in [-0.2, -0.15) is 5.10 Å². The van der Waals surface area contributed by atoms with Crippen LogP contribution in [0.25, 0.3) is 0 Å². The van der Waals surface area contributed by atoms with Crippen LogP contribution in [0.1, 0.15) is 35.6 Å². The SMILES string of the molecule is Cl.Cn1cc(CCC(=O)Nc2ncc(C3CCNCC3)s2)cn1. The topological polar surface area (TPSA) is 71.8 Å². The third kappa shape index (κ3) is 5.02. The van der Waals surface area contributed by atoms with Crippen LogP contribution >= 0.6 is 23.7 Å². The molecule has 0 unspecified atom stereocenters. The van der Waals surface area contributed by atoms with Crippen molar-refractivity contribution < 1.29 is 4.79 Å². The lowest BCUT2D eigenvalue weighted by atomic mass is 9.97. The van der Waals surface area contributed by atoms with Crippen molar-refractivity contribution in [2.45, 2.75) is 31.6 Å². The molecule has 0 spiro atoms. The number of nitrogens with zero attached hydrogens (tertiary/aromatic N) is 3. The predicted molar refractivity (Wildman–Crippen MR) is 94.4 cm³/mol. The molecule has 3 heterocycles. The van der Waals surface area contributed by atoms with Gasteiger partial charge in [0.25, 0.3) is 0 Å². The predicted octanol–water partition coefficient (Wildman–Crippen LogP) is 2.34. The molecule has 126 valence electrons. The van der Waals surface area contributed by atoms with Crippen molar-refractivity contribution in [2.75, 3.05) is 18.4 Å². The number of aryl methyl sites for hydroxylation is 2. The lowest BCUT2D eigenvalue weighted by molar-refractivity contribution is -0.116. The molecule has 8 heteroatoms. The van der Waals surface area contributed by atoms with E-state index < -0.39 is 0 Å². The highest BCUT2D eigenvalue weighted by Crippen LogP contribution is 2.31. The van der Waals surface area contributed by atoms with Crippen molar-refractivity contribution in [2.24, 2.45) is 7.05 Å². The maximum Gasteiger partial charge on any atom is 0.226 e. The van der Waals surface area contributed by atoms with E-state index >= 15 is 0 Å². The Bertz CT molecular complexity index is 635. The fourth-order valence-corrected chi connectivity index (χ4v) is 3.68. The minimum absolute atomic E-state index is 0. The smallest absolute Gasteiger partial charge is 0.226 e. The summed E-state index contributed by atoms with van der Waals surface area (Å²) in [5, 5.41) is 11.1. The molecule has 2 aromatic rings. The number of nitrogens with one attached hydrogen (secondary N) is 2. The standard InChI is InChI=1S/C15H21N5OS.ClH/c1-20-10-11(8-18-20)2-3-14(21)19-15-17-9-13(22-15)12-4-6-16-7-5-12;/h8-10,12,16H,2-7H2,1H3,(H,17,19,21);1H. The number of carbonyl (C=O) groups is 1. The van der Waals surface area contributed by atoms with E-state index in [1.54, 1.807) is 22.2 Å². The summed E-state index contributed by atoms with van der Waals surface area (Å²) < 4.78 is 1.75. The summed E-state index contributed by atoms with van der Waals surface area (Å²) in [4.78, 5) is 17.6. The number of halogens is 1. The zero-order chi connectivity index (χ0) is 15.4. The molecule has 1 amide bonds. The van der Waals surface area contributed by atoms with Crippen molar-refractivity contribution in [3.63, 3.8) is 0 Å². The zero-order valence-electron chi connectivity index (χ0n) is 13.1. The van der Waals surface area contributed by atoms with Crippen LogP contribution in [-0.2, 0) is 18.3 Å². The third-order valence-corrected chi connectivity index (χ3v) is 4.99. The highest BCUT2D eigenvalue weighted by Gasteiger charge is 2.18. The average molecular weight is 356 g/mol. The summed E-state index contributed by atoms with van der Waals surface area (Å²) in [6, 6.07) is 0. The maximum absolute atomic E-state index is 12.0. The van der Waals surface area contributed by atoms with Crippen LogP contribution in [0.3, 0.4) is 0 Å². The molecule has 0 radical (unpaired) electrons. The van der Waals surface area contributed by atoms with E-state index in [2.05, 4.69) is 20.7 Å². The van der Waals surface area contributed by atoms with E-state index in [0.29, 0.717) is 23.9 Å². The Morgan fingerprint density at radius 2 is 2.22 bits per heavy atom. The molecule has 2 N–H and O–H groups in total. The van der Waals surface area contributed by atoms with Crippen LogP contribution in [0.2, 0.25) is 0 Å². The molecule has 0 aliphatic carbocycles. The summed E-state index contributed by atoms with van der Waals surface area (Å²) in [5.41, 5.74) is 1.08. The Labute approximate surface area is 146 Å². The second-order valence-electron chi connectivity index (χ2n) is 5.66. The minimum atomic E-state index is 0. The molecular weight excluding hydrogens is 334 g/mol. The fraction of sp³-hybridized carbons (Fsp3) is 0.533. The highest BCUT2D eigenvalue weighted by molar-refractivity contribution is 7.15. The van der Waals surface area contributed by atoms with Crippen molar-refractivity contribution in [1.82, 2.24) is 20.1 Å². The lowest BCUT2D eigenvalue weighted by Gasteiger charge is -2.20. The number of anilines is 1. The van der Waals surface area contributed by atoms with E-state index in [1.165, 1.54) is 4.88 Å². The van der Waals surface area contributed by atoms with Gasteiger partial charge < -0.3 is 10.6 Å². The largest absolute Gasteiger partial charge is 0.317 e. The summed E-state index contributed by atoms with van der Waals surface area (Å²) in [5.74, 6) is 0.592. The van der Waals surface area contributed by atoms with Crippen LogP contribution < -0.4 is 10.6 Å². The van der Waals surface area contributed by atoms with Gasteiger partial charge in [0.2, 0.25) is 5.91 Å². The Balaban J connectivity index is 0.00000192. The number of piperidine rings is 1. The van der Waals surface area contributed by atoms with Crippen molar-refractivity contribution in [3.8, 4) is 0 Å². The molecule has 6 nitrogen and oxygen atoms in total. The number of rotatable bonds is 5. The number of carbonyl (C=O) groups excluding carboxylic acids is 1. The van der Waals surface area contributed by atoms with Gasteiger partial charge >= 0.3 is 0 Å². The first-order chi connectivity index (χ1) is 10.7. The maximum atomic E-state index is 12.0. The number of amides is 1. The van der Waals surface area contributed by atoms with E-state index in [1.807, 2.05) is 19.4 Å². The second kappa shape index (κ2) is 8.42. The van der Waals surface area contributed by atoms with Crippen LogP contribution in [0.4, 0.5) is 5.13 Å². The van der Waals surface area contributed by atoms with E-state index in [0.717, 1.165) is 31.5 Å². The van der Waals surface area contributed by atoms with Gasteiger partial charge in [-0.1, -0.05) is 0 Å². The Morgan fingerprint density at radius 3 is 2.91 bits per heavy atom. The van der Waals surface area contributed by atoms with E-state index in [9.17, 15) is 4.79 Å². The van der Waals surface area contributed by atoms with Gasteiger partial charge in [0.15, 0.2) is 5.13 Å². The van der Waals surface area contributed by atoms with Crippen LogP contribution in [0.5, 0.6) is 0 Å². The number of hydrogen-bond donors (Lipinski definition) is 2. The minimum Gasteiger partial charge on any atom is -0.317 e. The van der Waals surface area contributed by atoms with Gasteiger partial charge in [-0.05, 0) is 43.8 Å². The molecule has 2 aromatic heterocycles. The molecule has 0 atom stereocenters. The first-order valence-corrected chi connectivity index (χ1v) is 8.46. The highest BCUT2D eigenvalue weighted by atomic mass is 35.5. The molecule has 0 saturated carbocycles. The van der Waals surface area contributed by atoms with Gasteiger partial charge in [0, 0.05) is 30.7 Å². The van der Waals surface area contributed by atoms with Crippen LogP contribution in [0, 0.1) is 0 Å². The first kappa shape index (κ1) is 17.9. The second-order valence-corrected chi connectivity index (χ2v) is 6.72. The molecule has 1 saturated heterocycles. The molecule has 0 aromatic carbocycles. The average Bonchev–Trinajstić information content (AvgIpc) is 3.15. The van der Waals surface area contributed by atoms with Crippen molar-refractivity contribution >= 4 is 34.8 Å². The number of aromatic nitrogens is 3. The van der Waals surface area contributed by atoms with Crippen molar-refractivity contribution in [1.29, 1.82) is 0 Å². The van der Waals surface area contributed by atoms with Gasteiger partial charge in [0.1, 0.15) is 0 Å². The lowest BCUT2D eigenvalue weighted by Crippen LogP contribution is -2.26. The van der Waals surface area contributed by atoms with Crippen molar-refractivity contribution in [3.05, 3.63) is 29.0 Å². The first-order valence-electron chi connectivity index (χ1n) is 7.64. The summed E-state index contributed by atoms with van der Waals surface area (Å²) in [6.45, 7) is 2.13. The third-order valence-electron chi connectivity index (χ3n) is 3.91. The quantitative estimate of drug-likeness (QED) is 0.863. The molecular formula is C15H22ClN5OS. The monoisotopic (exact) mass is 355 g/mol. The normalized spacial score (nSPS) is 15.2. The van der Waals surface area contributed by atoms with Crippen LogP contribution in [-0.4, -0.2) is 33.8 Å². The summed E-state index contributed by atoms with van der Waals surface area (Å²) in [6.07, 6.45) is 9.10. The van der Waals surface area contributed by atoms with Gasteiger partial charge in [-0.25, -0.2) is 4.98 Å². The molecule has 1 fully saturated rings. The molecule has 1 aliphatic heterocycles. The molecule has 23 heavy (non-hydrogen) atoms. The van der Waals surface area contributed by atoms with Gasteiger partial charge in [0.05, 0.1) is 6.20 Å². The fourth-order valence-electron chi connectivity index (χ4n) is 2.68. The number of hydrogen-bond acceptors (Lipinski definition) is 5. The Hall–Kier alpha value is -1.44. The molecule has 1 aliphatic rings.